The fourth-order valence-corrected chi connectivity index (χ4v) is 1.78. The average molecular weight is 264 g/mol. The Hall–Kier alpha value is -1.55. The molecule has 0 spiro atoms. The van der Waals surface area contributed by atoms with Gasteiger partial charge in [-0.2, -0.15) is 0 Å². The molecule has 98 valence electrons. The lowest BCUT2D eigenvalue weighted by molar-refractivity contribution is 0.340. The van der Waals surface area contributed by atoms with Crippen LogP contribution in [0.1, 0.15) is 25.5 Å². The van der Waals surface area contributed by atoms with Crippen molar-refractivity contribution >= 4 is 17.3 Å². The van der Waals surface area contributed by atoms with Crippen molar-refractivity contribution in [1.29, 1.82) is 0 Å². The predicted molar refractivity (Wildman–Crippen MR) is 80.0 cm³/mol. The lowest BCUT2D eigenvalue weighted by Crippen LogP contribution is -2.36. The molecule has 1 rings (SSSR count). The highest BCUT2D eigenvalue weighted by atomic mass is 32.1. The van der Waals surface area contributed by atoms with Gasteiger partial charge in [0.05, 0.1) is 12.6 Å². The Morgan fingerprint density at radius 3 is 2.67 bits per heavy atom. The van der Waals surface area contributed by atoms with Gasteiger partial charge in [-0.1, -0.05) is 18.2 Å². The first-order chi connectivity index (χ1) is 8.67. The predicted octanol–water partition coefficient (Wildman–Crippen LogP) is 2.80. The number of rotatable bonds is 6. The molecule has 0 aromatic heterocycles. The van der Waals surface area contributed by atoms with Crippen molar-refractivity contribution in [3.63, 3.8) is 0 Å². The van der Waals surface area contributed by atoms with Crippen molar-refractivity contribution in [1.82, 2.24) is 10.6 Å². The van der Waals surface area contributed by atoms with Gasteiger partial charge in [0.1, 0.15) is 5.75 Å². The summed E-state index contributed by atoms with van der Waals surface area (Å²) >= 11 is 5.17. The van der Waals surface area contributed by atoms with Crippen LogP contribution in [0.25, 0.3) is 0 Å². The largest absolute Gasteiger partial charge is 0.494 e. The van der Waals surface area contributed by atoms with Crippen LogP contribution < -0.4 is 15.4 Å². The van der Waals surface area contributed by atoms with E-state index in [0.29, 0.717) is 18.3 Å². The molecular weight excluding hydrogens is 244 g/mol. The third-order valence-corrected chi connectivity index (χ3v) is 2.71. The first-order valence-corrected chi connectivity index (χ1v) is 6.46. The minimum absolute atomic E-state index is 0.158. The Kier molecular flexibility index (Phi) is 6.22. The molecular formula is C14H20N2OS. The van der Waals surface area contributed by atoms with Crippen LogP contribution in [0.4, 0.5) is 0 Å². The second kappa shape index (κ2) is 7.71. The molecule has 0 bridgehead atoms. The lowest BCUT2D eigenvalue weighted by Gasteiger charge is -2.17. The van der Waals surface area contributed by atoms with Crippen LogP contribution in [0.5, 0.6) is 5.75 Å². The number of hydrogen-bond acceptors (Lipinski definition) is 2. The molecule has 4 heteroatoms. The summed E-state index contributed by atoms with van der Waals surface area (Å²) in [6, 6.07) is 8.18. The minimum Gasteiger partial charge on any atom is -0.494 e. The quantitative estimate of drug-likeness (QED) is 0.611. The maximum absolute atomic E-state index is 5.41. The Balaban J connectivity index is 2.52. The lowest BCUT2D eigenvalue weighted by atomic mass is 10.1. The van der Waals surface area contributed by atoms with Crippen LogP contribution in [0.15, 0.2) is 36.9 Å². The van der Waals surface area contributed by atoms with Crippen molar-refractivity contribution in [2.24, 2.45) is 0 Å². The first kappa shape index (κ1) is 14.5. The van der Waals surface area contributed by atoms with E-state index in [4.69, 9.17) is 17.0 Å². The van der Waals surface area contributed by atoms with Crippen LogP contribution in [0, 0.1) is 0 Å². The van der Waals surface area contributed by atoms with E-state index >= 15 is 0 Å². The van der Waals surface area contributed by atoms with Gasteiger partial charge in [0.15, 0.2) is 5.11 Å². The third-order valence-electron chi connectivity index (χ3n) is 2.45. The van der Waals surface area contributed by atoms with Crippen molar-refractivity contribution in [3.8, 4) is 5.75 Å². The normalized spacial score (nSPS) is 11.4. The fraction of sp³-hybridized carbons (Fsp3) is 0.357. The zero-order valence-electron chi connectivity index (χ0n) is 10.9. The molecule has 0 radical (unpaired) electrons. The van der Waals surface area contributed by atoms with Gasteiger partial charge >= 0.3 is 0 Å². The van der Waals surface area contributed by atoms with Crippen molar-refractivity contribution < 1.29 is 4.74 Å². The summed E-state index contributed by atoms with van der Waals surface area (Å²) in [6.07, 6.45) is 1.77. The molecule has 0 unspecified atom stereocenters. The topological polar surface area (TPSA) is 33.3 Å². The van der Waals surface area contributed by atoms with Crippen LogP contribution in [-0.2, 0) is 0 Å². The summed E-state index contributed by atoms with van der Waals surface area (Å²) in [7, 11) is 0. The van der Waals surface area contributed by atoms with E-state index in [1.807, 2.05) is 31.2 Å². The van der Waals surface area contributed by atoms with E-state index in [2.05, 4.69) is 24.1 Å². The van der Waals surface area contributed by atoms with Crippen LogP contribution in [-0.4, -0.2) is 18.3 Å². The highest BCUT2D eigenvalue weighted by molar-refractivity contribution is 7.80. The minimum atomic E-state index is 0.158. The van der Waals surface area contributed by atoms with Gasteiger partial charge in [0, 0.05) is 6.54 Å². The zero-order chi connectivity index (χ0) is 13.4. The van der Waals surface area contributed by atoms with Crippen molar-refractivity contribution in [2.75, 3.05) is 13.2 Å². The standard InChI is InChI=1S/C14H20N2OS/c1-4-10-15-14(18)16-11(3)12-6-8-13(9-7-12)17-5-2/h4,6-9,11H,1,5,10H2,2-3H3,(H2,15,16,18)/t11-/m1/s1. The monoisotopic (exact) mass is 264 g/mol. The van der Waals surface area contributed by atoms with Gasteiger partial charge in [-0.25, -0.2) is 0 Å². The van der Waals surface area contributed by atoms with Gasteiger partial charge in [-0.05, 0) is 43.8 Å². The van der Waals surface area contributed by atoms with E-state index < -0.39 is 0 Å². The van der Waals surface area contributed by atoms with Gasteiger partial charge in [0.25, 0.3) is 0 Å². The molecule has 1 aromatic carbocycles. The number of ether oxygens (including phenoxy) is 1. The van der Waals surface area contributed by atoms with E-state index in [1.165, 1.54) is 5.56 Å². The Bertz CT molecular complexity index is 389. The summed E-state index contributed by atoms with van der Waals surface area (Å²) < 4.78 is 5.41. The second-order valence-electron chi connectivity index (χ2n) is 3.87. The molecule has 18 heavy (non-hydrogen) atoms. The molecule has 2 N–H and O–H groups in total. The molecule has 0 amide bonds. The molecule has 0 heterocycles. The summed E-state index contributed by atoms with van der Waals surface area (Å²) in [5, 5.41) is 6.89. The Morgan fingerprint density at radius 2 is 2.11 bits per heavy atom. The number of benzene rings is 1. The molecule has 0 fully saturated rings. The van der Waals surface area contributed by atoms with Gasteiger partial charge in [-0.15, -0.1) is 6.58 Å². The van der Waals surface area contributed by atoms with Crippen molar-refractivity contribution in [2.45, 2.75) is 19.9 Å². The Labute approximate surface area is 114 Å². The molecule has 0 aliphatic carbocycles. The highest BCUT2D eigenvalue weighted by Gasteiger charge is 2.06. The number of nitrogens with one attached hydrogen (secondary N) is 2. The molecule has 0 saturated heterocycles. The number of thiocarbonyl (C=S) groups is 1. The molecule has 0 saturated carbocycles. The van der Waals surface area contributed by atoms with Gasteiger partial charge in [0.2, 0.25) is 0 Å². The van der Waals surface area contributed by atoms with Gasteiger partial charge in [-0.3, -0.25) is 0 Å². The molecule has 0 aliphatic rings. The zero-order valence-corrected chi connectivity index (χ0v) is 11.7. The summed E-state index contributed by atoms with van der Waals surface area (Å²) in [4.78, 5) is 0. The third kappa shape index (κ3) is 4.75. The van der Waals surface area contributed by atoms with E-state index in [1.54, 1.807) is 6.08 Å². The SMILES string of the molecule is C=CCNC(=S)N[C@H](C)c1ccc(OCC)cc1. The van der Waals surface area contributed by atoms with E-state index in [0.717, 1.165) is 5.75 Å². The molecule has 1 aromatic rings. The Morgan fingerprint density at radius 1 is 1.44 bits per heavy atom. The van der Waals surface area contributed by atoms with Crippen LogP contribution in [0.2, 0.25) is 0 Å². The van der Waals surface area contributed by atoms with Crippen LogP contribution in [0.3, 0.4) is 0 Å². The summed E-state index contributed by atoms with van der Waals surface area (Å²) in [6.45, 7) is 9.03. The molecule has 0 aliphatic heterocycles. The van der Waals surface area contributed by atoms with Gasteiger partial charge < -0.3 is 15.4 Å². The summed E-state index contributed by atoms with van der Waals surface area (Å²) in [5.74, 6) is 0.890. The van der Waals surface area contributed by atoms with Crippen molar-refractivity contribution in [3.05, 3.63) is 42.5 Å². The molecule has 1 atom stereocenters. The van der Waals surface area contributed by atoms with E-state index in [9.17, 15) is 0 Å². The smallest absolute Gasteiger partial charge is 0.167 e. The fourth-order valence-electron chi connectivity index (χ4n) is 1.52. The second-order valence-corrected chi connectivity index (χ2v) is 4.28. The maximum atomic E-state index is 5.41. The van der Waals surface area contributed by atoms with E-state index in [-0.39, 0.29) is 6.04 Å². The van der Waals surface area contributed by atoms with Crippen LogP contribution >= 0.6 is 12.2 Å². The first-order valence-electron chi connectivity index (χ1n) is 6.05. The average Bonchev–Trinajstić information content (AvgIpc) is 2.37. The maximum Gasteiger partial charge on any atom is 0.167 e. The summed E-state index contributed by atoms with van der Waals surface area (Å²) in [5.41, 5.74) is 1.17. The number of hydrogen-bond donors (Lipinski definition) is 2. The highest BCUT2D eigenvalue weighted by Crippen LogP contribution is 2.17. The molecule has 3 nitrogen and oxygen atoms in total.